The lowest BCUT2D eigenvalue weighted by Crippen LogP contribution is -2.28. The summed E-state index contributed by atoms with van der Waals surface area (Å²) in [4.78, 5) is 0. The summed E-state index contributed by atoms with van der Waals surface area (Å²) in [5, 5.41) is 0. The van der Waals surface area contributed by atoms with Gasteiger partial charge in [0.05, 0.1) is 13.7 Å². The van der Waals surface area contributed by atoms with E-state index >= 15 is 0 Å². The minimum atomic E-state index is 0.312. The van der Waals surface area contributed by atoms with Crippen LogP contribution in [0.5, 0.6) is 11.5 Å². The van der Waals surface area contributed by atoms with E-state index in [9.17, 15) is 0 Å². The van der Waals surface area contributed by atoms with Gasteiger partial charge in [0.2, 0.25) is 0 Å². The van der Waals surface area contributed by atoms with Crippen molar-refractivity contribution in [1.82, 2.24) is 0 Å². The molecule has 0 aliphatic heterocycles. The lowest BCUT2D eigenvalue weighted by molar-refractivity contribution is 0.161. The molecule has 0 unspecified atom stereocenters. The Bertz CT molecular complexity index is 369. The molecular weight excluding hydrogens is 260 g/mol. The number of hydrogen-bond acceptors (Lipinski definition) is 2. The van der Waals surface area contributed by atoms with E-state index in [1.165, 1.54) is 32.1 Å². The summed E-state index contributed by atoms with van der Waals surface area (Å²) in [7, 11) is 1.67. The summed E-state index contributed by atoms with van der Waals surface area (Å²) < 4.78 is 11.0. The topological polar surface area (TPSA) is 18.5 Å². The minimum Gasteiger partial charge on any atom is -0.497 e. The lowest BCUT2D eigenvalue weighted by atomic mass is 9.73. The highest BCUT2D eigenvalue weighted by Crippen LogP contribution is 2.40. The molecule has 2 nitrogen and oxygen atoms in total. The molecule has 3 heteroatoms. The molecule has 0 radical (unpaired) electrons. The maximum atomic E-state index is 6.19. The number of ether oxygens (including phenoxy) is 2. The Hall–Kier alpha value is -0.890. The van der Waals surface area contributed by atoms with Gasteiger partial charge in [-0.2, -0.15) is 0 Å². The first-order valence-electron chi connectivity index (χ1n) is 7.11. The molecule has 1 saturated carbocycles. The second-order valence-electron chi connectivity index (χ2n) is 5.47. The summed E-state index contributed by atoms with van der Waals surface area (Å²) in [5.74, 6) is 2.53. The van der Waals surface area contributed by atoms with Gasteiger partial charge in [-0.3, -0.25) is 0 Å². The third kappa shape index (κ3) is 4.04. The van der Waals surface area contributed by atoms with Crippen LogP contribution in [0.1, 0.15) is 38.5 Å². The van der Waals surface area contributed by atoms with E-state index in [4.69, 9.17) is 21.1 Å². The second-order valence-corrected chi connectivity index (χ2v) is 5.74. The largest absolute Gasteiger partial charge is 0.497 e. The van der Waals surface area contributed by atoms with Gasteiger partial charge in [0.15, 0.2) is 0 Å². The van der Waals surface area contributed by atoms with Crippen LogP contribution in [0.3, 0.4) is 0 Å². The zero-order chi connectivity index (χ0) is 13.6. The van der Waals surface area contributed by atoms with Crippen molar-refractivity contribution in [3.05, 3.63) is 24.3 Å². The zero-order valence-corrected chi connectivity index (χ0v) is 12.4. The predicted molar refractivity (Wildman–Crippen MR) is 79.3 cm³/mol. The van der Waals surface area contributed by atoms with Gasteiger partial charge in [-0.15, -0.1) is 11.6 Å². The van der Waals surface area contributed by atoms with Crippen LogP contribution in [0.2, 0.25) is 0 Å². The van der Waals surface area contributed by atoms with Crippen LogP contribution < -0.4 is 9.47 Å². The Morgan fingerprint density at radius 1 is 1.05 bits per heavy atom. The maximum Gasteiger partial charge on any atom is 0.119 e. The van der Waals surface area contributed by atoms with Crippen molar-refractivity contribution in [2.45, 2.75) is 38.5 Å². The second kappa shape index (κ2) is 7.04. The summed E-state index contributed by atoms with van der Waals surface area (Å²) in [5.41, 5.74) is 0.312. The standard InChI is InChI=1S/C16H23ClO2/c1-18-14-5-7-15(8-6-14)19-12-11-16(13-17)9-3-2-4-10-16/h5-8H,2-4,9-13H2,1H3. The van der Waals surface area contributed by atoms with Gasteiger partial charge < -0.3 is 9.47 Å². The third-order valence-corrected chi connectivity index (χ3v) is 4.73. The van der Waals surface area contributed by atoms with Crippen LogP contribution in [0.15, 0.2) is 24.3 Å². The first-order valence-corrected chi connectivity index (χ1v) is 7.64. The van der Waals surface area contributed by atoms with Gasteiger partial charge in [0.1, 0.15) is 11.5 Å². The van der Waals surface area contributed by atoms with E-state index in [2.05, 4.69) is 0 Å². The zero-order valence-electron chi connectivity index (χ0n) is 11.7. The molecule has 0 amide bonds. The van der Waals surface area contributed by atoms with Crippen LogP contribution in [-0.4, -0.2) is 19.6 Å². The first-order chi connectivity index (χ1) is 9.28. The van der Waals surface area contributed by atoms with Crippen molar-refractivity contribution in [3.63, 3.8) is 0 Å². The van der Waals surface area contributed by atoms with E-state index in [0.717, 1.165) is 30.4 Å². The van der Waals surface area contributed by atoms with Crippen molar-refractivity contribution in [1.29, 1.82) is 0 Å². The van der Waals surface area contributed by atoms with Crippen LogP contribution >= 0.6 is 11.6 Å². The smallest absolute Gasteiger partial charge is 0.119 e. The first kappa shape index (κ1) is 14.5. The summed E-state index contributed by atoms with van der Waals surface area (Å²) in [6.07, 6.45) is 7.55. The Morgan fingerprint density at radius 3 is 2.26 bits per heavy atom. The molecule has 0 spiro atoms. The molecular formula is C16H23ClO2. The van der Waals surface area contributed by atoms with E-state index in [1.54, 1.807) is 7.11 Å². The quantitative estimate of drug-likeness (QED) is 0.707. The molecule has 0 bridgehead atoms. The van der Waals surface area contributed by atoms with Gasteiger partial charge in [-0.25, -0.2) is 0 Å². The number of benzene rings is 1. The molecule has 1 aliphatic rings. The molecule has 0 atom stereocenters. The van der Waals surface area contributed by atoms with Gasteiger partial charge in [0, 0.05) is 5.88 Å². The summed E-state index contributed by atoms with van der Waals surface area (Å²) >= 11 is 6.19. The molecule has 0 aromatic heterocycles. The van der Waals surface area contributed by atoms with E-state index in [0.29, 0.717) is 5.41 Å². The van der Waals surface area contributed by atoms with Gasteiger partial charge >= 0.3 is 0 Å². The predicted octanol–water partition coefficient (Wildman–Crippen LogP) is 4.65. The number of alkyl halides is 1. The fraction of sp³-hybridized carbons (Fsp3) is 0.625. The van der Waals surface area contributed by atoms with E-state index in [-0.39, 0.29) is 0 Å². The number of hydrogen-bond donors (Lipinski definition) is 0. The van der Waals surface area contributed by atoms with Crippen LogP contribution in [-0.2, 0) is 0 Å². The highest BCUT2D eigenvalue weighted by molar-refractivity contribution is 6.18. The average molecular weight is 283 g/mol. The minimum absolute atomic E-state index is 0.312. The molecule has 0 heterocycles. The van der Waals surface area contributed by atoms with Crippen molar-refractivity contribution < 1.29 is 9.47 Å². The highest BCUT2D eigenvalue weighted by atomic mass is 35.5. The number of methoxy groups -OCH3 is 1. The molecule has 1 aliphatic carbocycles. The number of rotatable bonds is 6. The normalized spacial score (nSPS) is 18.0. The molecule has 19 heavy (non-hydrogen) atoms. The van der Waals surface area contributed by atoms with Crippen molar-refractivity contribution in [2.24, 2.45) is 5.41 Å². The number of halogens is 1. The Balaban J connectivity index is 1.81. The molecule has 2 rings (SSSR count). The molecule has 1 fully saturated rings. The van der Waals surface area contributed by atoms with Gasteiger partial charge in [-0.1, -0.05) is 19.3 Å². The summed E-state index contributed by atoms with van der Waals surface area (Å²) in [6.45, 7) is 0.749. The molecule has 1 aromatic carbocycles. The fourth-order valence-electron chi connectivity index (χ4n) is 2.81. The molecule has 0 N–H and O–H groups in total. The molecule has 106 valence electrons. The Morgan fingerprint density at radius 2 is 1.68 bits per heavy atom. The fourth-order valence-corrected chi connectivity index (χ4v) is 3.21. The summed E-state index contributed by atoms with van der Waals surface area (Å²) in [6, 6.07) is 7.75. The Labute approximate surface area is 121 Å². The average Bonchev–Trinajstić information content (AvgIpc) is 2.49. The SMILES string of the molecule is COc1ccc(OCCC2(CCl)CCCCC2)cc1. The van der Waals surface area contributed by atoms with Gasteiger partial charge in [0.25, 0.3) is 0 Å². The van der Waals surface area contributed by atoms with E-state index < -0.39 is 0 Å². The molecule has 1 aromatic rings. The Kier molecular flexibility index (Phi) is 5.38. The van der Waals surface area contributed by atoms with E-state index in [1.807, 2.05) is 24.3 Å². The van der Waals surface area contributed by atoms with Crippen molar-refractivity contribution >= 4 is 11.6 Å². The lowest BCUT2D eigenvalue weighted by Gasteiger charge is -2.35. The highest BCUT2D eigenvalue weighted by Gasteiger charge is 2.30. The van der Waals surface area contributed by atoms with Crippen molar-refractivity contribution in [3.8, 4) is 11.5 Å². The van der Waals surface area contributed by atoms with Gasteiger partial charge in [-0.05, 0) is 48.9 Å². The molecule has 0 saturated heterocycles. The van der Waals surface area contributed by atoms with Crippen LogP contribution in [0.4, 0.5) is 0 Å². The van der Waals surface area contributed by atoms with Crippen molar-refractivity contribution in [2.75, 3.05) is 19.6 Å². The van der Waals surface area contributed by atoms with Crippen LogP contribution in [0.25, 0.3) is 0 Å². The third-order valence-electron chi connectivity index (χ3n) is 4.16. The van der Waals surface area contributed by atoms with Crippen LogP contribution in [0, 0.1) is 5.41 Å². The monoisotopic (exact) mass is 282 g/mol. The maximum absolute atomic E-state index is 6.19.